The number of hydrogen-bond donors (Lipinski definition) is 1. The van der Waals surface area contributed by atoms with Crippen LogP contribution in [-0.2, 0) is 11.3 Å². The van der Waals surface area contributed by atoms with Crippen LogP contribution in [0.2, 0.25) is 0 Å². The number of nitrogens with zero attached hydrogens (tertiary/aromatic N) is 2. The summed E-state index contributed by atoms with van der Waals surface area (Å²) in [5.74, 6) is 0.229. The highest BCUT2D eigenvalue weighted by Gasteiger charge is 2.26. The molecule has 21 heavy (non-hydrogen) atoms. The zero-order chi connectivity index (χ0) is 13.8. The molecule has 1 unspecified atom stereocenters. The zero-order valence-corrected chi connectivity index (χ0v) is 14.5. The summed E-state index contributed by atoms with van der Waals surface area (Å²) in [5, 5.41) is 3.04. The molecule has 0 saturated heterocycles. The van der Waals surface area contributed by atoms with Crippen molar-refractivity contribution in [2.75, 3.05) is 32.1 Å². The Morgan fingerprint density at radius 3 is 2.67 bits per heavy atom. The lowest BCUT2D eigenvalue weighted by molar-refractivity contribution is -0.133. The van der Waals surface area contributed by atoms with E-state index in [0.29, 0.717) is 13.0 Å². The van der Waals surface area contributed by atoms with Crippen molar-refractivity contribution < 1.29 is 4.79 Å². The minimum absolute atomic E-state index is 0. The molecule has 1 aliphatic heterocycles. The first-order chi connectivity index (χ1) is 9.13. The maximum Gasteiger partial charge on any atom is 0.224 e. The Balaban J connectivity index is 0.00000200. The van der Waals surface area contributed by atoms with E-state index in [4.69, 9.17) is 0 Å². The fraction of sp³-hybridized carbons (Fsp3) is 0.533. The minimum Gasteiger partial charge on any atom is -0.372 e. The number of halogens is 2. The standard InChI is InChI=1S/C15H23N3O.2ClH/c1-12-10-17(3)14-7-5-4-6-13(14)11-18(12)15(19)8-9-16-2;;/h4-7,12,16H,8-11H2,1-3H3;2*1H. The van der Waals surface area contributed by atoms with Crippen molar-refractivity contribution in [1.29, 1.82) is 0 Å². The second kappa shape index (κ2) is 9.13. The van der Waals surface area contributed by atoms with Crippen LogP contribution >= 0.6 is 24.8 Å². The van der Waals surface area contributed by atoms with E-state index in [1.165, 1.54) is 11.3 Å². The van der Waals surface area contributed by atoms with Crippen LogP contribution in [0.15, 0.2) is 24.3 Å². The number of likely N-dealkylation sites (N-methyl/N-ethyl adjacent to an activating group) is 1. The molecular weight excluding hydrogens is 309 g/mol. The van der Waals surface area contributed by atoms with Gasteiger partial charge in [0, 0.05) is 44.8 Å². The van der Waals surface area contributed by atoms with Crippen molar-refractivity contribution in [3.8, 4) is 0 Å². The molecule has 0 spiro atoms. The molecule has 0 aromatic heterocycles. The molecule has 1 heterocycles. The predicted octanol–water partition coefficient (Wildman–Crippen LogP) is 2.31. The Bertz CT molecular complexity index is 456. The first-order valence-corrected chi connectivity index (χ1v) is 6.86. The smallest absolute Gasteiger partial charge is 0.224 e. The summed E-state index contributed by atoms with van der Waals surface area (Å²) in [6, 6.07) is 8.57. The zero-order valence-electron chi connectivity index (χ0n) is 12.8. The van der Waals surface area contributed by atoms with Crippen LogP contribution in [0.4, 0.5) is 5.69 Å². The molecule has 1 amide bonds. The third-order valence-corrected chi connectivity index (χ3v) is 3.72. The molecule has 1 atom stereocenters. The fourth-order valence-corrected chi connectivity index (χ4v) is 2.66. The van der Waals surface area contributed by atoms with Crippen LogP contribution < -0.4 is 10.2 Å². The molecule has 0 fully saturated rings. The van der Waals surface area contributed by atoms with Gasteiger partial charge in [-0.05, 0) is 25.6 Å². The van der Waals surface area contributed by atoms with Crippen molar-refractivity contribution in [2.45, 2.75) is 25.9 Å². The van der Waals surface area contributed by atoms with Crippen LogP contribution in [0, 0.1) is 0 Å². The third-order valence-electron chi connectivity index (χ3n) is 3.72. The average molecular weight is 334 g/mol. The number of amides is 1. The highest BCUT2D eigenvalue weighted by atomic mass is 35.5. The number of para-hydroxylation sites is 1. The molecule has 0 radical (unpaired) electrons. The van der Waals surface area contributed by atoms with E-state index < -0.39 is 0 Å². The van der Waals surface area contributed by atoms with Gasteiger partial charge in [-0.2, -0.15) is 0 Å². The number of anilines is 1. The summed E-state index contributed by atoms with van der Waals surface area (Å²) in [4.78, 5) is 16.5. The van der Waals surface area contributed by atoms with Gasteiger partial charge in [0.05, 0.1) is 0 Å². The highest BCUT2D eigenvalue weighted by molar-refractivity contribution is 5.85. The number of nitrogens with one attached hydrogen (secondary N) is 1. The van der Waals surface area contributed by atoms with Gasteiger partial charge in [-0.15, -0.1) is 24.8 Å². The largest absolute Gasteiger partial charge is 0.372 e. The number of hydrogen-bond acceptors (Lipinski definition) is 3. The predicted molar refractivity (Wildman–Crippen MR) is 92.8 cm³/mol. The molecule has 0 saturated carbocycles. The van der Waals surface area contributed by atoms with Gasteiger partial charge in [0.2, 0.25) is 5.91 Å². The lowest BCUT2D eigenvalue weighted by Gasteiger charge is -2.28. The molecular formula is C15H25Cl2N3O. The lowest BCUT2D eigenvalue weighted by Crippen LogP contribution is -2.42. The maximum absolute atomic E-state index is 12.3. The van der Waals surface area contributed by atoms with E-state index in [1.807, 2.05) is 18.0 Å². The van der Waals surface area contributed by atoms with Crippen molar-refractivity contribution in [2.24, 2.45) is 0 Å². The van der Waals surface area contributed by atoms with Gasteiger partial charge in [-0.1, -0.05) is 18.2 Å². The number of fused-ring (bicyclic) bond motifs is 1. The molecule has 2 rings (SSSR count). The van der Waals surface area contributed by atoms with Crippen LogP contribution in [0.5, 0.6) is 0 Å². The van der Waals surface area contributed by atoms with Crippen molar-refractivity contribution in [3.63, 3.8) is 0 Å². The Morgan fingerprint density at radius 2 is 2.00 bits per heavy atom. The van der Waals surface area contributed by atoms with Gasteiger partial charge in [-0.3, -0.25) is 4.79 Å². The molecule has 0 bridgehead atoms. The number of carbonyl (C=O) groups excluding carboxylic acids is 1. The summed E-state index contributed by atoms with van der Waals surface area (Å²) >= 11 is 0. The van der Waals surface area contributed by atoms with E-state index in [1.54, 1.807) is 0 Å². The van der Waals surface area contributed by atoms with E-state index in [0.717, 1.165) is 13.1 Å². The van der Waals surface area contributed by atoms with Crippen LogP contribution in [-0.4, -0.2) is 44.0 Å². The summed E-state index contributed by atoms with van der Waals surface area (Å²) in [7, 11) is 3.97. The van der Waals surface area contributed by atoms with Crippen molar-refractivity contribution in [1.82, 2.24) is 10.2 Å². The lowest BCUT2D eigenvalue weighted by atomic mass is 10.1. The van der Waals surface area contributed by atoms with Crippen molar-refractivity contribution >= 4 is 36.4 Å². The van der Waals surface area contributed by atoms with Gasteiger partial charge in [-0.25, -0.2) is 0 Å². The minimum atomic E-state index is 0. The Morgan fingerprint density at radius 1 is 1.33 bits per heavy atom. The average Bonchev–Trinajstić information content (AvgIpc) is 2.53. The second-order valence-electron chi connectivity index (χ2n) is 5.23. The Kier molecular flexibility index (Phi) is 8.71. The Labute approximate surface area is 139 Å². The quantitative estimate of drug-likeness (QED) is 0.921. The van der Waals surface area contributed by atoms with E-state index in [2.05, 4.69) is 42.4 Å². The molecule has 1 aromatic rings. The summed E-state index contributed by atoms with van der Waals surface area (Å²) in [5.41, 5.74) is 2.46. The summed E-state index contributed by atoms with van der Waals surface area (Å²) < 4.78 is 0. The first-order valence-electron chi connectivity index (χ1n) is 6.86. The third kappa shape index (κ3) is 4.77. The first kappa shape index (κ1) is 20.0. The molecule has 1 N–H and O–H groups in total. The summed E-state index contributed by atoms with van der Waals surface area (Å²) in [6.07, 6.45) is 0.562. The molecule has 1 aromatic carbocycles. The molecule has 4 nitrogen and oxygen atoms in total. The van der Waals surface area contributed by atoms with Gasteiger partial charge in [0.25, 0.3) is 0 Å². The SMILES string of the molecule is CNCCC(=O)N1Cc2ccccc2N(C)CC1C.Cl.Cl. The van der Waals surface area contributed by atoms with Gasteiger partial charge >= 0.3 is 0 Å². The van der Waals surface area contributed by atoms with E-state index in [-0.39, 0.29) is 36.8 Å². The van der Waals surface area contributed by atoms with Gasteiger partial charge < -0.3 is 15.1 Å². The normalized spacial score (nSPS) is 17.2. The molecule has 6 heteroatoms. The van der Waals surface area contributed by atoms with Crippen LogP contribution in [0.1, 0.15) is 18.9 Å². The van der Waals surface area contributed by atoms with Gasteiger partial charge in [0.15, 0.2) is 0 Å². The highest BCUT2D eigenvalue weighted by Crippen LogP contribution is 2.26. The van der Waals surface area contributed by atoms with Crippen LogP contribution in [0.25, 0.3) is 0 Å². The van der Waals surface area contributed by atoms with E-state index in [9.17, 15) is 4.79 Å². The molecule has 120 valence electrons. The van der Waals surface area contributed by atoms with E-state index >= 15 is 0 Å². The maximum atomic E-state index is 12.3. The van der Waals surface area contributed by atoms with Crippen LogP contribution in [0.3, 0.4) is 0 Å². The van der Waals surface area contributed by atoms with Crippen molar-refractivity contribution in [3.05, 3.63) is 29.8 Å². The number of carbonyl (C=O) groups is 1. The monoisotopic (exact) mass is 333 g/mol. The molecule has 1 aliphatic rings. The topological polar surface area (TPSA) is 35.6 Å². The molecule has 0 aliphatic carbocycles. The Hall–Kier alpha value is -0.970. The van der Waals surface area contributed by atoms with Gasteiger partial charge in [0.1, 0.15) is 0 Å². The second-order valence-corrected chi connectivity index (χ2v) is 5.23. The fourth-order valence-electron chi connectivity index (χ4n) is 2.66. The number of benzene rings is 1. The summed E-state index contributed by atoms with van der Waals surface area (Å²) in [6.45, 7) is 4.45. The number of rotatable bonds is 3.